The molecule has 3 nitrogen and oxygen atoms in total. The van der Waals surface area contributed by atoms with Gasteiger partial charge in [0.15, 0.2) is 0 Å². The molecule has 0 aliphatic rings. The molecule has 0 saturated carbocycles. The van der Waals surface area contributed by atoms with Crippen molar-refractivity contribution in [2.24, 2.45) is 0 Å². The minimum Gasteiger partial charge on any atom is -0.394 e. The summed E-state index contributed by atoms with van der Waals surface area (Å²) in [6.45, 7) is 16.9. The molecule has 3 heteroatoms. The molecule has 2 N–H and O–H groups in total. The second-order valence-corrected chi connectivity index (χ2v) is 6.92. The first-order valence-corrected chi connectivity index (χ1v) is 8.43. The predicted octanol–water partition coefficient (Wildman–Crippen LogP) is 3.41. The molecule has 0 aromatic rings. The fourth-order valence-corrected chi connectivity index (χ4v) is 3.09. The molecule has 0 spiro atoms. The van der Waals surface area contributed by atoms with Crippen molar-refractivity contribution in [3.63, 3.8) is 0 Å². The lowest BCUT2D eigenvalue weighted by atomic mass is 9.92. The Kier molecular flexibility index (Phi) is 9.69. The zero-order valence-electron chi connectivity index (χ0n) is 14.9. The number of aliphatic hydroxyl groups excluding tert-OH is 1. The van der Waals surface area contributed by atoms with Crippen LogP contribution in [0.3, 0.4) is 0 Å². The molecule has 0 fully saturated rings. The summed E-state index contributed by atoms with van der Waals surface area (Å²) in [7, 11) is 0. The van der Waals surface area contributed by atoms with Crippen LogP contribution in [0.5, 0.6) is 0 Å². The molecule has 0 aromatic carbocycles. The number of aliphatic hydroxyl groups is 1. The lowest BCUT2D eigenvalue weighted by Crippen LogP contribution is -2.54. The van der Waals surface area contributed by atoms with Gasteiger partial charge in [0.1, 0.15) is 0 Å². The van der Waals surface area contributed by atoms with E-state index in [9.17, 15) is 5.11 Å². The molecule has 0 radical (unpaired) electrons. The fraction of sp³-hybridized carbons (Fsp3) is 1.00. The highest BCUT2D eigenvalue weighted by Gasteiger charge is 2.29. The van der Waals surface area contributed by atoms with Gasteiger partial charge in [-0.1, -0.05) is 34.1 Å². The number of rotatable bonds is 11. The van der Waals surface area contributed by atoms with Gasteiger partial charge >= 0.3 is 0 Å². The summed E-state index contributed by atoms with van der Waals surface area (Å²) in [5, 5.41) is 13.3. The van der Waals surface area contributed by atoms with Crippen LogP contribution in [-0.2, 0) is 0 Å². The minimum atomic E-state index is -0.189. The van der Waals surface area contributed by atoms with Gasteiger partial charge in [0, 0.05) is 23.7 Å². The lowest BCUT2D eigenvalue weighted by Gasteiger charge is -2.40. The largest absolute Gasteiger partial charge is 0.394 e. The average Bonchev–Trinajstić information content (AvgIpc) is 2.37. The molecule has 0 saturated heterocycles. The first-order valence-electron chi connectivity index (χ1n) is 8.43. The van der Waals surface area contributed by atoms with E-state index in [0.717, 1.165) is 13.0 Å². The second-order valence-electron chi connectivity index (χ2n) is 6.92. The molecule has 0 heterocycles. The van der Waals surface area contributed by atoms with Crippen molar-refractivity contribution in [1.82, 2.24) is 10.2 Å². The van der Waals surface area contributed by atoms with Crippen molar-refractivity contribution < 1.29 is 5.11 Å². The van der Waals surface area contributed by atoms with Gasteiger partial charge in [-0.25, -0.2) is 0 Å². The molecular formula is C17H38N2O. The van der Waals surface area contributed by atoms with Gasteiger partial charge in [0.05, 0.1) is 6.61 Å². The van der Waals surface area contributed by atoms with Crippen LogP contribution in [0.25, 0.3) is 0 Å². The lowest BCUT2D eigenvalue weighted by molar-refractivity contribution is 0.0855. The zero-order chi connectivity index (χ0) is 15.8. The molecular weight excluding hydrogens is 248 g/mol. The molecule has 20 heavy (non-hydrogen) atoms. The van der Waals surface area contributed by atoms with Crippen molar-refractivity contribution in [2.45, 2.75) is 97.8 Å². The van der Waals surface area contributed by atoms with Crippen LogP contribution in [0.4, 0.5) is 0 Å². The Balaban J connectivity index is 4.73. The summed E-state index contributed by atoms with van der Waals surface area (Å²) in [5.41, 5.74) is -0.189. The summed E-state index contributed by atoms with van der Waals surface area (Å²) < 4.78 is 0. The summed E-state index contributed by atoms with van der Waals surface area (Å²) in [6.07, 6.45) is 4.65. The van der Waals surface area contributed by atoms with Gasteiger partial charge < -0.3 is 10.4 Å². The number of nitrogens with one attached hydrogen (secondary N) is 1. The van der Waals surface area contributed by atoms with Crippen LogP contribution in [0.1, 0.15) is 74.1 Å². The normalized spacial score (nSPS) is 18.3. The number of nitrogens with zero attached hydrogens (tertiary/aromatic N) is 1. The third kappa shape index (κ3) is 7.05. The van der Waals surface area contributed by atoms with Gasteiger partial charge in [0.25, 0.3) is 0 Å². The summed E-state index contributed by atoms with van der Waals surface area (Å²) in [6, 6.07) is 1.49. The van der Waals surface area contributed by atoms with Crippen LogP contribution in [0.2, 0.25) is 0 Å². The van der Waals surface area contributed by atoms with Crippen molar-refractivity contribution in [2.75, 3.05) is 13.2 Å². The molecule has 0 aliphatic carbocycles. The van der Waals surface area contributed by atoms with Crippen LogP contribution >= 0.6 is 0 Å². The monoisotopic (exact) mass is 286 g/mol. The molecule has 3 unspecified atom stereocenters. The Morgan fingerprint density at radius 2 is 1.70 bits per heavy atom. The third-order valence-electron chi connectivity index (χ3n) is 4.23. The van der Waals surface area contributed by atoms with Gasteiger partial charge in [-0.2, -0.15) is 0 Å². The highest BCUT2D eigenvalue weighted by atomic mass is 16.3. The predicted molar refractivity (Wildman–Crippen MR) is 89.2 cm³/mol. The Bertz CT molecular complexity index is 245. The molecule has 3 atom stereocenters. The minimum absolute atomic E-state index is 0.189. The first kappa shape index (κ1) is 19.9. The van der Waals surface area contributed by atoms with Crippen molar-refractivity contribution >= 4 is 0 Å². The SMILES string of the molecule is CCCCN(C(C)CC)C(C)CC(C)(CO)NC(C)C. The van der Waals surface area contributed by atoms with Gasteiger partial charge in [-0.3, -0.25) is 4.90 Å². The van der Waals surface area contributed by atoms with Crippen LogP contribution in [0, 0.1) is 0 Å². The molecule has 0 aliphatic heterocycles. The maximum absolute atomic E-state index is 9.76. The van der Waals surface area contributed by atoms with E-state index >= 15 is 0 Å². The molecule has 0 aromatic heterocycles. The molecule has 0 rings (SSSR count). The van der Waals surface area contributed by atoms with Gasteiger partial charge in [0.2, 0.25) is 0 Å². The summed E-state index contributed by atoms with van der Waals surface area (Å²) in [5.74, 6) is 0. The van der Waals surface area contributed by atoms with Gasteiger partial charge in [-0.05, 0) is 46.6 Å². The average molecular weight is 287 g/mol. The molecule has 122 valence electrons. The Morgan fingerprint density at radius 1 is 1.10 bits per heavy atom. The highest BCUT2D eigenvalue weighted by molar-refractivity contribution is 4.89. The summed E-state index contributed by atoms with van der Waals surface area (Å²) >= 11 is 0. The smallest absolute Gasteiger partial charge is 0.0611 e. The maximum Gasteiger partial charge on any atom is 0.0611 e. The van der Waals surface area contributed by atoms with E-state index in [4.69, 9.17) is 0 Å². The standard InChI is InChI=1S/C17H38N2O/c1-8-10-11-19(15(5)9-2)16(6)12-17(7,13-20)18-14(3)4/h14-16,18,20H,8-13H2,1-7H3. The first-order chi connectivity index (χ1) is 9.29. The quantitative estimate of drug-likeness (QED) is 0.611. The van der Waals surface area contributed by atoms with Crippen LogP contribution < -0.4 is 5.32 Å². The Labute approximate surface area is 127 Å². The fourth-order valence-electron chi connectivity index (χ4n) is 3.09. The van der Waals surface area contributed by atoms with E-state index in [2.05, 4.69) is 58.7 Å². The molecule has 0 bridgehead atoms. The van der Waals surface area contributed by atoms with E-state index < -0.39 is 0 Å². The Morgan fingerprint density at radius 3 is 2.10 bits per heavy atom. The zero-order valence-corrected chi connectivity index (χ0v) is 14.9. The topological polar surface area (TPSA) is 35.5 Å². The number of unbranched alkanes of at least 4 members (excludes halogenated alkanes) is 1. The maximum atomic E-state index is 9.76. The van der Waals surface area contributed by atoms with Crippen molar-refractivity contribution in [1.29, 1.82) is 0 Å². The van der Waals surface area contributed by atoms with E-state index in [0.29, 0.717) is 18.1 Å². The highest BCUT2D eigenvalue weighted by Crippen LogP contribution is 2.20. The van der Waals surface area contributed by atoms with E-state index in [1.54, 1.807) is 0 Å². The molecule has 0 amide bonds. The van der Waals surface area contributed by atoms with Crippen LogP contribution in [0.15, 0.2) is 0 Å². The number of hydrogen-bond donors (Lipinski definition) is 2. The van der Waals surface area contributed by atoms with Crippen molar-refractivity contribution in [3.05, 3.63) is 0 Å². The van der Waals surface area contributed by atoms with E-state index in [-0.39, 0.29) is 12.1 Å². The van der Waals surface area contributed by atoms with Gasteiger partial charge in [-0.15, -0.1) is 0 Å². The Hall–Kier alpha value is -0.120. The van der Waals surface area contributed by atoms with Crippen molar-refractivity contribution in [3.8, 4) is 0 Å². The van der Waals surface area contributed by atoms with E-state index in [1.165, 1.54) is 19.3 Å². The van der Waals surface area contributed by atoms with Crippen LogP contribution in [-0.4, -0.2) is 46.8 Å². The second kappa shape index (κ2) is 9.75. The summed E-state index contributed by atoms with van der Waals surface area (Å²) in [4.78, 5) is 2.61. The van der Waals surface area contributed by atoms with E-state index in [1.807, 2.05) is 0 Å². The number of hydrogen-bond acceptors (Lipinski definition) is 3. The third-order valence-corrected chi connectivity index (χ3v) is 4.23.